The Morgan fingerprint density at radius 2 is 1.82 bits per heavy atom. The predicted octanol–water partition coefficient (Wildman–Crippen LogP) is 4.24. The van der Waals surface area contributed by atoms with E-state index >= 15 is 0 Å². The molecule has 9 heteroatoms. The number of ketones is 1. The normalized spacial score (nSPS) is 24.6. The molecule has 0 radical (unpaired) electrons. The molecule has 0 spiro atoms. The molecule has 2 bridgehead atoms. The molecule has 5 nitrogen and oxygen atoms in total. The molecule has 2 fully saturated rings. The second kappa shape index (κ2) is 8.11. The van der Waals surface area contributed by atoms with Crippen LogP contribution in [0.25, 0.3) is 0 Å². The molecule has 0 heterocycles. The van der Waals surface area contributed by atoms with Gasteiger partial charge in [0.05, 0.1) is 22.2 Å². The van der Waals surface area contributed by atoms with Crippen molar-refractivity contribution < 1.29 is 32.3 Å². The van der Waals surface area contributed by atoms with Gasteiger partial charge in [0.15, 0.2) is 6.61 Å². The molecule has 1 amide bonds. The van der Waals surface area contributed by atoms with Crippen molar-refractivity contribution >= 4 is 34.9 Å². The van der Waals surface area contributed by atoms with Gasteiger partial charge in [-0.25, -0.2) is 0 Å². The van der Waals surface area contributed by atoms with Gasteiger partial charge in [0.25, 0.3) is 5.91 Å². The highest BCUT2D eigenvalue weighted by molar-refractivity contribution is 6.33. The van der Waals surface area contributed by atoms with Crippen molar-refractivity contribution in [2.75, 3.05) is 11.9 Å². The molecular formula is C19H19ClF3NO4. The Kier molecular flexibility index (Phi) is 5.98. The first-order valence-electron chi connectivity index (χ1n) is 9.02. The fraction of sp³-hybridized carbons (Fsp3) is 0.526. The topological polar surface area (TPSA) is 72.5 Å². The number of alkyl halides is 3. The smallest absolute Gasteiger partial charge is 0.416 e. The minimum absolute atomic E-state index is 0.0636. The van der Waals surface area contributed by atoms with E-state index in [9.17, 15) is 27.6 Å². The number of carbonyl (C=O) groups excluding carboxylic acids is 3. The number of esters is 1. The molecular weight excluding hydrogens is 399 g/mol. The van der Waals surface area contributed by atoms with E-state index in [-0.39, 0.29) is 28.3 Å². The highest BCUT2D eigenvalue weighted by atomic mass is 35.5. The molecule has 2 aliphatic carbocycles. The van der Waals surface area contributed by atoms with Gasteiger partial charge >= 0.3 is 12.1 Å². The number of fused-ring (bicyclic) bond motifs is 2. The first-order chi connectivity index (χ1) is 13.1. The Morgan fingerprint density at radius 1 is 1.18 bits per heavy atom. The summed E-state index contributed by atoms with van der Waals surface area (Å²) < 4.78 is 43.3. The number of Topliss-reactive ketones (excluding diaryl/α,β-unsaturated/α-hetero) is 1. The van der Waals surface area contributed by atoms with Crippen LogP contribution in [0.15, 0.2) is 18.2 Å². The zero-order valence-electron chi connectivity index (χ0n) is 14.9. The second-order valence-electron chi connectivity index (χ2n) is 7.24. The minimum atomic E-state index is -4.58. The number of benzene rings is 1. The highest BCUT2D eigenvalue weighted by Crippen LogP contribution is 2.40. The molecule has 1 aromatic carbocycles. The molecule has 152 valence electrons. The van der Waals surface area contributed by atoms with E-state index in [0.29, 0.717) is 12.8 Å². The van der Waals surface area contributed by atoms with Crippen molar-refractivity contribution in [1.82, 2.24) is 0 Å². The molecule has 3 rings (SSSR count). The number of carbonyl (C=O) groups is 3. The summed E-state index contributed by atoms with van der Waals surface area (Å²) in [4.78, 5) is 36.3. The number of anilines is 1. The first-order valence-corrected chi connectivity index (χ1v) is 9.40. The van der Waals surface area contributed by atoms with Crippen molar-refractivity contribution in [2.24, 2.45) is 17.8 Å². The van der Waals surface area contributed by atoms with E-state index in [2.05, 4.69) is 5.32 Å². The van der Waals surface area contributed by atoms with Gasteiger partial charge < -0.3 is 10.1 Å². The molecule has 0 aromatic heterocycles. The van der Waals surface area contributed by atoms with E-state index < -0.39 is 36.1 Å². The molecule has 1 aromatic rings. The van der Waals surface area contributed by atoms with Crippen LogP contribution in [0.2, 0.25) is 5.02 Å². The number of nitrogens with one attached hydrogen (secondary N) is 1. The molecule has 2 saturated carbocycles. The standard InChI is InChI=1S/C19H19ClF3NO4/c20-14-5-4-13(19(21,22)23)8-15(14)24-16(25)9-28-18(27)12-6-10-2-1-3-11(7-12)17(10)26/h4-5,8,10-12H,1-3,6-7,9H2,(H,24,25)/t10-,11+,12?. The van der Waals surface area contributed by atoms with Crippen LogP contribution < -0.4 is 5.32 Å². The zero-order valence-corrected chi connectivity index (χ0v) is 15.6. The number of hydrogen-bond donors (Lipinski definition) is 1. The van der Waals surface area contributed by atoms with Crippen LogP contribution in [0.3, 0.4) is 0 Å². The van der Waals surface area contributed by atoms with Crippen molar-refractivity contribution in [2.45, 2.75) is 38.3 Å². The molecule has 28 heavy (non-hydrogen) atoms. The quantitative estimate of drug-likeness (QED) is 0.744. The summed E-state index contributed by atoms with van der Waals surface area (Å²) in [6.45, 7) is -0.634. The third kappa shape index (κ3) is 4.66. The number of rotatable bonds is 4. The van der Waals surface area contributed by atoms with Crippen LogP contribution in [0.1, 0.15) is 37.7 Å². The van der Waals surface area contributed by atoms with Gasteiger partial charge in [-0.1, -0.05) is 18.0 Å². The van der Waals surface area contributed by atoms with Gasteiger partial charge in [-0.2, -0.15) is 13.2 Å². The SMILES string of the molecule is O=C(COC(=O)C1C[C@H]2CCC[C@@H](C1)C2=O)Nc1cc(C(F)(F)F)ccc1Cl. The minimum Gasteiger partial charge on any atom is -0.455 e. The molecule has 1 N–H and O–H groups in total. The van der Waals surface area contributed by atoms with Crippen LogP contribution in [0, 0.1) is 17.8 Å². The summed E-state index contributed by atoms with van der Waals surface area (Å²) in [5.74, 6) is -1.81. The van der Waals surface area contributed by atoms with E-state index in [0.717, 1.165) is 37.5 Å². The summed E-state index contributed by atoms with van der Waals surface area (Å²) in [5.41, 5.74) is -1.17. The summed E-state index contributed by atoms with van der Waals surface area (Å²) in [6, 6.07) is 2.55. The Labute approximate surface area is 164 Å². The Morgan fingerprint density at radius 3 is 2.43 bits per heavy atom. The van der Waals surface area contributed by atoms with Crippen molar-refractivity contribution in [3.63, 3.8) is 0 Å². The van der Waals surface area contributed by atoms with Crippen molar-refractivity contribution in [3.05, 3.63) is 28.8 Å². The lowest BCUT2D eigenvalue weighted by Gasteiger charge is -2.36. The number of amides is 1. The lowest BCUT2D eigenvalue weighted by atomic mass is 9.67. The predicted molar refractivity (Wildman–Crippen MR) is 94.6 cm³/mol. The molecule has 0 saturated heterocycles. The molecule has 2 aliphatic rings. The lowest BCUT2D eigenvalue weighted by molar-refractivity contribution is -0.155. The number of ether oxygens (including phenoxy) is 1. The largest absolute Gasteiger partial charge is 0.455 e. The number of halogens is 4. The third-order valence-corrected chi connectivity index (χ3v) is 5.62. The maximum atomic E-state index is 12.8. The third-order valence-electron chi connectivity index (χ3n) is 5.29. The van der Waals surface area contributed by atoms with Gasteiger partial charge in [0, 0.05) is 11.8 Å². The van der Waals surface area contributed by atoms with E-state index in [1.165, 1.54) is 0 Å². The van der Waals surface area contributed by atoms with Crippen molar-refractivity contribution in [3.8, 4) is 0 Å². The monoisotopic (exact) mass is 417 g/mol. The Hall–Kier alpha value is -2.09. The summed E-state index contributed by atoms with van der Waals surface area (Å²) >= 11 is 5.82. The van der Waals surface area contributed by atoms with Crippen LogP contribution >= 0.6 is 11.6 Å². The average molecular weight is 418 g/mol. The first kappa shape index (κ1) is 20.6. The number of hydrogen-bond acceptors (Lipinski definition) is 4. The van der Waals surface area contributed by atoms with Crippen LogP contribution in [0.5, 0.6) is 0 Å². The van der Waals surface area contributed by atoms with Crippen molar-refractivity contribution in [1.29, 1.82) is 0 Å². The molecule has 0 aliphatic heterocycles. The molecule has 3 atom stereocenters. The van der Waals surface area contributed by atoms with Crippen LogP contribution in [0.4, 0.5) is 18.9 Å². The Balaban J connectivity index is 1.55. The van der Waals surface area contributed by atoms with Gasteiger partial charge in [0.1, 0.15) is 5.78 Å². The lowest BCUT2D eigenvalue weighted by Crippen LogP contribution is -2.40. The van der Waals surface area contributed by atoms with E-state index in [1.807, 2.05) is 0 Å². The van der Waals surface area contributed by atoms with Crippen LogP contribution in [-0.4, -0.2) is 24.3 Å². The molecule has 1 unspecified atom stereocenters. The fourth-order valence-corrected chi connectivity index (χ4v) is 4.08. The van der Waals surface area contributed by atoms with Gasteiger partial charge in [-0.15, -0.1) is 0 Å². The fourth-order valence-electron chi connectivity index (χ4n) is 3.91. The maximum absolute atomic E-state index is 12.8. The van der Waals surface area contributed by atoms with Crippen LogP contribution in [-0.2, 0) is 25.3 Å². The average Bonchev–Trinajstić information content (AvgIpc) is 2.60. The summed E-state index contributed by atoms with van der Waals surface area (Å²) in [7, 11) is 0. The van der Waals surface area contributed by atoms with Gasteiger partial charge in [0.2, 0.25) is 0 Å². The maximum Gasteiger partial charge on any atom is 0.416 e. The highest BCUT2D eigenvalue weighted by Gasteiger charge is 2.42. The Bertz CT molecular complexity index is 780. The summed E-state index contributed by atoms with van der Waals surface area (Å²) in [6.07, 6.45) is -1.21. The summed E-state index contributed by atoms with van der Waals surface area (Å²) in [5, 5.41) is 2.16. The zero-order chi connectivity index (χ0) is 20.5. The van der Waals surface area contributed by atoms with E-state index in [1.54, 1.807) is 0 Å². The van der Waals surface area contributed by atoms with Gasteiger partial charge in [-0.05, 0) is 43.9 Å². The second-order valence-corrected chi connectivity index (χ2v) is 7.65. The van der Waals surface area contributed by atoms with Gasteiger partial charge in [-0.3, -0.25) is 14.4 Å². The van der Waals surface area contributed by atoms with E-state index in [4.69, 9.17) is 16.3 Å².